The molecule has 1 aromatic rings. The van der Waals surface area contributed by atoms with Gasteiger partial charge in [0.25, 0.3) is 0 Å². The van der Waals surface area contributed by atoms with Gasteiger partial charge in [-0.25, -0.2) is 0 Å². The highest BCUT2D eigenvalue weighted by atomic mass is 16.4. The molecule has 1 aromatic heterocycles. The fourth-order valence-electron chi connectivity index (χ4n) is 1.43. The van der Waals surface area contributed by atoms with Crippen LogP contribution in [-0.4, -0.2) is 28.1 Å². The molecule has 1 N–H and O–H groups in total. The van der Waals surface area contributed by atoms with Crippen LogP contribution in [0, 0.1) is 6.92 Å². The lowest BCUT2D eigenvalue weighted by Crippen LogP contribution is -2.43. The van der Waals surface area contributed by atoms with E-state index in [9.17, 15) is 4.79 Å². The first-order valence-corrected chi connectivity index (χ1v) is 5.30. The summed E-state index contributed by atoms with van der Waals surface area (Å²) < 4.78 is 5.34. The first-order valence-electron chi connectivity index (χ1n) is 5.30. The normalized spacial score (nSPS) is 12.1. The Kier molecular flexibility index (Phi) is 3.75. The Morgan fingerprint density at radius 3 is 2.50 bits per heavy atom. The third-order valence-corrected chi connectivity index (χ3v) is 2.58. The molecule has 90 valence electrons. The smallest absolute Gasteiger partial charge is 0.317 e. The molecule has 0 bridgehead atoms. The van der Waals surface area contributed by atoms with E-state index in [1.807, 2.05) is 38.7 Å². The second kappa shape index (κ2) is 4.70. The molecule has 0 unspecified atom stereocenters. The SMILES string of the molecule is Cc1ccoc1CN(CC(=O)O)C(C)(C)C. The van der Waals surface area contributed by atoms with Crippen molar-refractivity contribution in [3.8, 4) is 0 Å². The van der Waals surface area contributed by atoms with Gasteiger partial charge in [0.1, 0.15) is 5.76 Å². The van der Waals surface area contributed by atoms with Crippen molar-refractivity contribution in [2.75, 3.05) is 6.54 Å². The zero-order valence-electron chi connectivity index (χ0n) is 10.3. The van der Waals surface area contributed by atoms with E-state index in [2.05, 4.69) is 0 Å². The molecule has 1 heterocycles. The Morgan fingerprint density at radius 2 is 2.12 bits per heavy atom. The maximum absolute atomic E-state index is 10.8. The summed E-state index contributed by atoms with van der Waals surface area (Å²) in [6.07, 6.45) is 1.63. The van der Waals surface area contributed by atoms with Gasteiger partial charge in [-0.05, 0) is 39.3 Å². The van der Waals surface area contributed by atoms with E-state index in [4.69, 9.17) is 9.52 Å². The Labute approximate surface area is 95.9 Å². The van der Waals surface area contributed by atoms with E-state index >= 15 is 0 Å². The van der Waals surface area contributed by atoms with Gasteiger partial charge in [-0.15, -0.1) is 0 Å². The Morgan fingerprint density at radius 1 is 1.50 bits per heavy atom. The number of furan rings is 1. The number of nitrogens with zero attached hydrogens (tertiary/aromatic N) is 1. The van der Waals surface area contributed by atoms with Crippen LogP contribution >= 0.6 is 0 Å². The minimum absolute atomic E-state index is 0.0175. The third kappa shape index (κ3) is 3.38. The summed E-state index contributed by atoms with van der Waals surface area (Å²) >= 11 is 0. The van der Waals surface area contributed by atoms with Crippen LogP contribution in [0.1, 0.15) is 32.1 Å². The largest absolute Gasteiger partial charge is 0.480 e. The lowest BCUT2D eigenvalue weighted by atomic mass is 10.1. The number of rotatable bonds is 4. The fourth-order valence-corrected chi connectivity index (χ4v) is 1.43. The summed E-state index contributed by atoms with van der Waals surface area (Å²) in [5.74, 6) is 0.00955. The van der Waals surface area contributed by atoms with Crippen molar-refractivity contribution in [2.45, 2.75) is 39.8 Å². The zero-order chi connectivity index (χ0) is 12.3. The molecule has 4 nitrogen and oxygen atoms in total. The average molecular weight is 225 g/mol. The van der Waals surface area contributed by atoms with Gasteiger partial charge in [-0.3, -0.25) is 9.69 Å². The van der Waals surface area contributed by atoms with Gasteiger partial charge >= 0.3 is 5.97 Å². The highest BCUT2D eigenvalue weighted by molar-refractivity contribution is 5.69. The average Bonchev–Trinajstić information content (AvgIpc) is 2.48. The maximum atomic E-state index is 10.8. The third-order valence-electron chi connectivity index (χ3n) is 2.58. The molecular formula is C12H19NO3. The molecule has 0 saturated heterocycles. The van der Waals surface area contributed by atoms with E-state index in [-0.39, 0.29) is 12.1 Å². The second-order valence-corrected chi connectivity index (χ2v) is 4.95. The van der Waals surface area contributed by atoms with Gasteiger partial charge in [0.05, 0.1) is 19.4 Å². The van der Waals surface area contributed by atoms with Gasteiger partial charge in [0.15, 0.2) is 0 Å². The molecule has 0 aliphatic heterocycles. The van der Waals surface area contributed by atoms with Crippen molar-refractivity contribution in [3.05, 3.63) is 23.7 Å². The quantitative estimate of drug-likeness (QED) is 0.854. The maximum Gasteiger partial charge on any atom is 0.317 e. The standard InChI is InChI=1S/C12H19NO3/c1-9-5-6-16-10(9)7-13(8-11(14)15)12(2,3)4/h5-6H,7-8H2,1-4H3,(H,14,15). The van der Waals surface area contributed by atoms with E-state index in [1.165, 1.54) is 0 Å². The van der Waals surface area contributed by atoms with E-state index in [0.29, 0.717) is 6.54 Å². The predicted molar refractivity (Wildman–Crippen MR) is 61.2 cm³/mol. The molecule has 0 aliphatic rings. The van der Waals surface area contributed by atoms with Crippen LogP contribution in [0.2, 0.25) is 0 Å². The van der Waals surface area contributed by atoms with Crippen LogP contribution in [-0.2, 0) is 11.3 Å². The van der Waals surface area contributed by atoms with Crippen molar-refractivity contribution in [1.82, 2.24) is 4.90 Å². The monoisotopic (exact) mass is 225 g/mol. The number of hydrogen-bond donors (Lipinski definition) is 1. The summed E-state index contributed by atoms with van der Waals surface area (Å²) in [4.78, 5) is 12.7. The summed E-state index contributed by atoms with van der Waals surface area (Å²) in [7, 11) is 0. The van der Waals surface area contributed by atoms with Gasteiger partial charge < -0.3 is 9.52 Å². The van der Waals surface area contributed by atoms with Crippen molar-refractivity contribution in [3.63, 3.8) is 0 Å². The minimum atomic E-state index is -0.820. The lowest BCUT2D eigenvalue weighted by molar-refractivity contribution is -0.140. The van der Waals surface area contributed by atoms with Crippen molar-refractivity contribution in [2.24, 2.45) is 0 Å². The van der Waals surface area contributed by atoms with Crippen LogP contribution in [0.15, 0.2) is 16.7 Å². The first kappa shape index (κ1) is 12.8. The Balaban J connectivity index is 2.79. The molecular weight excluding hydrogens is 206 g/mol. The molecule has 0 saturated carbocycles. The molecule has 4 heteroatoms. The summed E-state index contributed by atoms with van der Waals surface area (Å²) in [6.45, 7) is 8.48. The van der Waals surface area contributed by atoms with Crippen LogP contribution in [0.25, 0.3) is 0 Å². The van der Waals surface area contributed by atoms with E-state index in [1.54, 1.807) is 6.26 Å². The van der Waals surface area contributed by atoms with Crippen LogP contribution in [0.5, 0.6) is 0 Å². The van der Waals surface area contributed by atoms with Crippen LogP contribution in [0.3, 0.4) is 0 Å². The number of aliphatic carboxylic acids is 1. The summed E-state index contributed by atoms with van der Waals surface area (Å²) in [5, 5.41) is 8.87. The lowest BCUT2D eigenvalue weighted by Gasteiger charge is -2.33. The fraction of sp³-hybridized carbons (Fsp3) is 0.583. The van der Waals surface area contributed by atoms with E-state index in [0.717, 1.165) is 11.3 Å². The molecule has 16 heavy (non-hydrogen) atoms. The highest BCUT2D eigenvalue weighted by Gasteiger charge is 2.24. The van der Waals surface area contributed by atoms with Gasteiger partial charge in [0.2, 0.25) is 0 Å². The highest BCUT2D eigenvalue weighted by Crippen LogP contribution is 2.19. The van der Waals surface area contributed by atoms with E-state index < -0.39 is 5.97 Å². The van der Waals surface area contributed by atoms with Gasteiger partial charge in [-0.2, -0.15) is 0 Å². The van der Waals surface area contributed by atoms with Gasteiger partial charge in [0, 0.05) is 5.54 Å². The molecule has 0 amide bonds. The van der Waals surface area contributed by atoms with Gasteiger partial charge in [-0.1, -0.05) is 0 Å². The number of hydrogen-bond acceptors (Lipinski definition) is 3. The second-order valence-electron chi connectivity index (χ2n) is 4.95. The van der Waals surface area contributed by atoms with Crippen molar-refractivity contribution in [1.29, 1.82) is 0 Å². The molecule has 0 radical (unpaired) electrons. The Bertz CT molecular complexity index is 363. The Hall–Kier alpha value is -1.29. The molecule has 0 aromatic carbocycles. The van der Waals surface area contributed by atoms with Crippen LogP contribution < -0.4 is 0 Å². The number of carbonyl (C=O) groups is 1. The molecule has 0 spiro atoms. The number of carboxylic acid groups (broad SMARTS) is 1. The number of carboxylic acids is 1. The predicted octanol–water partition coefficient (Wildman–Crippen LogP) is 2.27. The summed E-state index contributed by atoms with van der Waals surface area (Å²) in [5.41, 5.74) is 0.858. The topological polar surface area (TPSA) is 53.7 Å². The number of aryl methyl sites for hydroxylation is 1. The molecule has 0 fully saturated rings. The molecule has 0 atom stereocenters. The molecule has 1 rings (SSSR count). The zero-order valence-corrected chi connectivity index (χ0v) is 10.3. The minimum Gasteiger partial charge on any atom is -0.480 e. The van der Waals surface area contributed by atoms with Crippen LogP contribution in [0.4, 0.5) is 0 Å². The summed E-state index contributed by atoms with van der Waals surface area (Å²) in [6, 6.07) is 1.89. The van der Waals surface area contributed by atoms with Crippen molar-refractivity contribution < 1.29 is 14.3 Å². The first-order chi connectivity index (χ1) is 7.30. The van der Waals surface area contributed by atoms with Crippen molar-refractivity contribution >= 4 is 5.97 Å². The molecule has 0 aliphatic carbocycles.